The molecule has 1 aromatic carbocycles. The van der Waals surface area contributed by atoms with Crippen molar-refractivity contribution in [3.63, 3.8) is 0 Å². The minimum atomic E-state index is -0.922. The molecule has 0 heterocycles. The van der Waals surface area contributed by atoms with Crippen LogP contribution in [0.4, 0.5) is 4.79 Å². The van der Waals surface area contributed by atoms with Crippen LogP contribution >= 0.6 is 12.6 Å². The second kappa shape index (κ2) is 9.93. The smallest absolute Gasteiger partial charge is 0.408 e. The number of carbonyl (C=O) groups excluding carboxylic acids is 3. The van der Waals surface area contributed by atoms with Crippen LogP contribution in [-0.2, 0) is 25.7 Å². The summed E-state index contributed by atoms with van der Waals surface area (Å²) in [7, 11) is 0. The molecule has 0 fully saturated rings. The summed E-state index contributed by atoms with van der Waals surface area (Å²) in [5, 5.41) is 4.81. The number of carbonyl (C=O) groups is 3. The first kappa shape index (κ1) is 20.8. The van der Waals surface area contributed by atoms with Gasteiger partial charge in [0.25, 0.3) is 0 Å². The average Bonchev–Trinajstić information content (AvgIpc) is 2.55. The zero-order chi connectivity index (χ0) is 18.9. The largest absolute Gasteiger partial charge is 0.459 e. The number of benzene rings is 1. The molecule has 2 N–H and O–H groups in total. The van der Waals surface area contributed by atoms with E-state index in [0.29, 0.717) is 0 Å². The number of alkyl carbamates (subject to hydrolysis) is 1. The van der Waals surface area contributed by atoms with Gasteiger partial charge in [0.15, 0.2) is 0 Å². The Morgan fingerprint density at radius 2 is 1.80 bits per heavy atom. The Morgan fingerprint density at radius 1 is 1.16 bits per heavy atom. The molecule has 7 nitrogen and oxygen atoms in total. The Labute approximate surface area is 152 Å². The van der Waals surface area contributed by atoms with Crippen LogP contribution in [0.25, 0.3) is 0 Å². The first-order valence-electron chi connectivity index (χ1n) is 7.79. The van der Waals surface area contributed by atoms with Gasteiger partial charge in [-0.15, -0.1) is 0 Å². The van der Waals surface area contributed by atoms with Gasteiger partial charge < -0.3 is 20.1 Å². The number of thiol groups is 1. The van der Waals surface area contributed by atoms with Crippen LogP contribution in [0.15, 0.2) is 30.3 Å². The quantitative estimate of drug-likeness (QED) is 0.503. The van der Waals surface area contributed by atoms with E-state index in [1.165, 1.54) is 0 Å². The summed E-state index contributed by atoms with van der Waals surface area (Å²) in [6, 6.07) is 8.23. The van der Waals surface area contributed by atoms with Crippen molar-refractivity contribution < 1.29 is 23.9 Å². The zero-order valence-corrected chi connectivity index (χ0v) is 15.5. The van der Waals surface area contributed by atoms with Crippen molar-refractivity contribution >= 4 is 30.6 Å². The molecule has 2 amide bonds. The fraction of sp³-hybridized carbons (Fsp3) is 0.471. The highest BCUT2D eigenvalue weighted by atomic mass is 32.1. The highest BCUT2D eigenvalue weighted by molar-refractivity contribution is 7.80. The lowest BCUT2D eigenvalue weighted by Crippen LogP contribution is -2.49. The van der Waals surface area contributed by atoms with E-state index in [1.54, 1.807) is 20.8 Å². The van der Waals surface area contributed by atoms with Gasteiger partial charge in [-0.1, -0.05) is 30.3 Å². The highest BCUT2D eigenvalue weighted by Crippen LogP contribution is 2.06. The molecule has 0 aromatic heterocycles. The van der Waals surface area contributed by atoms with Crippen molar-refractivity contribution in [1.29, 1.82) is 0 Å². The number of ether oxygens (including phenoxy) is 2. The molecule has 0 bridgehead atoms. The number of esters is 1. The molecule has 0 saturated heterocycles. The molecule has 0 radical (unpaired) electrons. The second-order valence-electron chi connectivity index (χ2n) is 6.25. The van der Waals surface area contributed by atoms with Gasteiger partial charge >= 0.3 is 12.1 Å². The van der Waals surface area contributed by atoms with E-state index in [2.05, 4.69) is 23.3 Å². The molecular formula is C17H24N2O5S. The summed E-state index contributed by atoms with van der Waals surface area (Å²) in [5.74, 6) is -1.05. The SMILES string of the molecule is CC(C)(C)OC(=O)CNC(=O)[C@H](CS)NC(=O)OCc1ccccc1. The van der Waals surface area contributed by atoms with Crippen LogP contribution in [0.3, 0.4) is 0 Å². The summed E-state index contributed by atoms with van der Waals surface area (Å²) in [5.41, 5.74) is 0.194. The van der Waals surface area contributed by atoms with Crippen LogP contribution in [0.2, 0.25) is 0 Å². The van der Waals surface area contributed by atoms with Crippen LogP contribution in [0.1, 0.15) is 26.3 Å². The summed E-state index contributed by atoms with van der Waals surface area (Å²) < 4.78 is 10.1. The number of amides is 2. The van der Waals surface area contributed by atoms with E-state index in [9.17, 15) is 14.4 Å². The summed E-state index contributed by atoms with van der Waals surface area (Å²) in [4.78, 5) is 35.4. The Bertz CT molecular complexity index is 586. The first-order chi connectivity index (χ1) is 11.7. The topological polar surface area (TPSA) is 93.7 Å². The van der Waals surface area contributed by atoms with Gasteiger partial charge in [0.1, 0.15) is 24.8 Å². The summed E-state index contributed by atoms with van der Waals surface area (Å²) >= 11 is 4.03. The summed E-state index contributed by atoms with van der Waals surface area (Å²) in [6.07, 6.45) is -0.740. The van der Waals surface area contributed by atoms with E-state index < -0.39 is 29.6 Å². The van der Waals surface area contributed by atoms with E-state index >= 15 is 0 Å². The number of nitrogens with one attached hydrogen (secondary N) is 2. The van der Waals surface area contributed by atoms with Gasteiger partial charge in [-0.25, -0.2) is 4.79 Å². The van der Waals surface area contributed by atoms with Crippen molar-refractivity contribution in [3.8, 4) is 0 Å². The minimum absolute atomic E-state index is 0.0561. The molecule has 0 aliphatic carbocycles. The Kier molecular flexibility index (Phi) is 8.27. The monoisotopic (exact) mass is 368 g/mol. The second-order valence-corrected chi connectivity index (χ2v) is 6.61. The van der Waals surface area contributed by atoms with Crippen molar-refractivity contribution in [2.24, 2.45) is 0 Å². The molecule has 0 aliphatic heterocycles. The lowest BCUT2D eigenvalue weighted by atomic mass is 10.2. The van der Waals surface area contributed by atoms with E-state index in [0.717, 1.165) is 5.56 Å². The Hall–Kier alpha value is -2.22. The van der Waals surface area contributed by atoms with Gasteiger partial charge in [0, 0.05) is 5.75 Å². The molecule has 0 aliphatic rings. The predicted octanol–water partition coefficient (Wildman–Crippen LogP) is 1.67. The fourth-order valence-electron chi connectivity index (χ4n) is 1.76. The summed E-state index contributed by atoms with van der Waals surface area (Å²) in [6.45, 7) is 4.99. The number of hydrogen-bond donors (Lipinski definition) is 3. The van der Waals surface area contributed by atoms with E-state index in [1.807, 2.05) is 30.3 Å². The first-order valence-corrected chi connectivity index (χ1v) is 8.42. The maximum Gasteiger partial charge on any atom is 0.408 e. The number of hydrogen-bond acceptors (Lipinski definition) is 6. The molecule has 0 unspecified atom stereocenters. The van der Waals surface area contributed by atoms with Crippen molar-refractivity contribution in [1.82, 2.24) is 10.6 Å². The van der Waals surface area contributed by atoms with Crippen molar-refractivity contribution in [2.75, 3.05) is 12.3 Å². The molecule has 0 spiro atoms. The Balaban J connectivity index is 2.39. The van der Waals surface area contributed by atoms with Gasteiger partial charge in [-0.05, 0) is 26.3 Å². The zero-order valence-electron chi connectivity index (χ0n) is 14.6. The minimum Gasteiger partial charge on any atom is -0.459 e. The highest BCUT2D eigenvalue weighted by Gasteiger charge is 2.22. The Morgan fingerprint density at radius 3 is 2.36 bits per heavy atom. The van der Waals surface area contributed by atoms with Crippen LogP contribution in [0, 0.1) is 0 Å². The van der Waals surface area contributed by atoms with Gasteiger partial charge in [0.2, 0.25) is 5.91 Å². The van der Waals surface area contributed by atoms with E-state index in [4.69, 9.17) is 9.47 Å². The normalized spacial score (nSPS) is 12.0. The lowest BCUT2D eigenvalue weighted by Gasteiger charge is -2.20. The van der Waals surface area contributed by atoms with Crippen LogP contribution in [-0.4, -0.2) is 41.9 Å². The average molecular weight is 368 g/mol. The van der Waals surface area contributed by atoms with Gasteiger partial charge in [-0.2, -0.15) is 12.6 Å². The lowest BCUT2D eigenvalue weighted by molar-refractivity contribution is -0.154. The maximum absolute atomic E-state index is 12.0. The van der Waals surface area contributed by atoms with Gasteiger partial charge in [-0.3, -0.25) is 9.59 Å². The van der Waals surface area contributed by atoms with Crippen molar-refractivity contribution in [3.05, 3.63) is 35.9 Å². The molecule has 8 heteroatoms. The third kappa shape index (κ3) is 8.99. The third-order valence-electron chi connectivity index (χ3n) is 2.83. The van der Waals surface area contributed by atoms with Crippen molar-refractivity contribution in [2.45, 2.75) is 39.0 Å². The van der Waals surface area contributed by atoms with Gasteiger partial charge in [0.05, 0.1) is 0 Å². The third-order valence-corrected chi connectivity index (χ3v) is 3.20. The predicted molar refractivity (Wildman–Crippen MR) is 96.3 cm³/mol. The number of rotatable bonds is 7. The molecule has 25 heavy (non-hydrogen) atoms. The van der Waals surface area contributed by atoms with Crippen LogP contribution < -0.4 is 10.6 Å². The molecule has 1 atom stereocenters. The molecule has 1 rings (SSSR count). The molecule has 1 aromatic rings. The molecular weight excluding hydrogens is 344 g/mol. The maximum atomic E-state index is 12.0. The molecule has 0 saturated carbocycles. The fourth-order valence-corrected chi connectivity index (χ4v) is 2.02. The standard InChI is InChI=1S/C17H24N2O5S/c1-17(2,3)24-14(20)9-18-15(21)13(11-25)19-16(22)23-10-12-7-5-4-6-8-12/h4-8,13,25H,9-11H2,1-3H3,(H,18,21)(H,19,22)/t13-/m0/s1. The van der Waals surface area contributed by atoms with E-state index in [-0.39, 0.29) is 18.9 Å². The van der Waals surface area contributed by atoms with Crippen LogP contribution in [0.5, 0.6) is 0 Å². The molecule has 138 valence electrons.